The summed E-state index contributed by atoms with van der Waals surface area (Å²) in [7, 11) is 0. The van der Waals surface area contributed by atoms with Gasteiger partial charge in [0.05, 0.1) is 0 Å². The predicted molar refractivity (Wildman–Crippen MR) is 75.9 cm³/mol. The van der Waals surface area contributed by atoms with E-state index < -0.39 is 0 Å². The SMILES string of the molecule is Nc1cccc2c(Nc3ccccc3)nccc12. The van der Waals surface area contributed by atoms with Gasteiger partial charge in [-0.15, -0.1) is 0 Å². The number of nitrogens with one attached hydrogen (secondary N) is 1. The third kappa shape index (κ3) is 1.86. The molecule has 18 heavy (non-hydrogen) atoms. The molecule has 0 spiro atoms. The monoisotopic (exact) mass is 235 g/mol. The van der Waals surface area contributed by atoms with Crippen molar-refractivity contribution in [1.82, 2.24) is 4.98 Å². The summed E-state index contributed by atoms with van der Waals surface area (Å²) < 4.78 is 0. The van der Waals surface area contributed by atoms with Crippen LogP contribution in [0.1, 0.15) is 0 Å². The number of nitrogens with two attached hydrogens (primary N) is 1. The molecule has 0 saturated carbocycles. The van der Waals surface area contributed by atoms with Crippen molar-refractivity contribution in [3.63, 3.8) is 0 Å². The molecule has 0 aliphatic heterocycles. The van der Waals surface area contributed by atoms with Gasteiger partial charge in [-0.1, -0.05) is 30.3 Å². The van der Waals surface area contributed by atoms with Crippen molar-refractivity contribution >= 4 is 28.0 Å². The first-order chi connectivity index (χ1) is 8.84. The Morgan fingerprint density at radius 1 is 0.833 bits per heavy atom. The summed E-state index contributed by atoms with van der Waals surface area (Å²) >= 11 is 0. The normalized spacial score (nSPS) is 10.4. The maximum Gasteiger partial charge on any atom is 0.138 e. The summed E-state index contributed by atoms with van der Waals surface area (Å²) in [6.45, 7) is 0. The fourth-order valence-corrected chi connectivity index (χ4v) is 1.99. The number of fused-ring (bicyclic) bond motifs is 1. The van der Waals surface area contributed by atoms with Gasteiger partial charge in [0.25, 0.3) is 0 Å². The number of para-hydroxylation sites is 1. The molecule has 3 N–H and O–H groups in total. The number of hydrogen-bond donors (Lipinski definition) is 2. The van der Waals surface area contributed by atoms with E-state index in [-0.39, 0.29) is 0 Å². The fraction of sp³-hybridized carbons (Fsp3) is 0. The van der Waals surface area contributed by atoms with E-state index in [0.717, 1.165) is 28.0 Å². The van der Waals surface area contributed by atoms with Gasteiger partial charge < -0.3 is 11.1 Å². The van der Waals surface area contributed by atoms with E-state index in [1.807, 2.05) is 54.6 Å². The molecular weight excluding hydrogens is 222 g/mol. The number of pyridine rings is 1. The van der Waals surface area contributed by atoms with E-state index in [4.69, 9.17) is 5.73 Å². The van der Waals surface area contributed by atoms with Crippen LogP contribution in [0.3, 0.4) is 0 Å². The second-order valence-corrected chi connectivity index (χ2v) is 4.09. The van der Waals surface area contributed by atoms with Crippen LogP contribution in [0.5, 0.6) is 0 Å². The molecule has 0 bridgehead atoms. The molecule has 0 fully saturated rings. The minimum absolute atomic E-state index is 0.769. The Balaban J connectivity index is 2.10. The highest BCUT2D eigenvalue weighted by Crippen LogP contribution is 2.27. The Hall–Kier alpha value is -2.55. The van der Waals surface area contributed by atoms with E-state index in [1.165, 1.54) is 0 Å². The number of nitrogen functional groups attached to an aromatic ring is 1. The Labute approximate surface area is 105 Å². The lowest BCUT2D eigenvalue weighted by molar-refractivity contribution is 1.34. The van der Waals surface area contributed by atoms with Crippen LogP contribution in [-0.4, -0.2) is 4.98 Å². The van der Waals surface area contributed by atoms with Crippen molar-refractivity contribution in [3.05, 3.63) is 60.8 Å². The van der Waals surface area contributed by atoms with Crippen LogP contribution in [-0.2, 0) is 0 Å². The number of nitrogens with zero attached hydrogens (tertiary/aromatic N) is 1. The zero-order valence-electron chi connectivity index (χ0n) is 9.80. The predicted octanol–water partition coefficient (Wildman–Crippen LogP) is 3.56. The first-order valence-corrected chi connectivity index (χ1v) is 5.80. The zero-order chi connectivity index (χ0) is 12.4. The van der Waals surface area contributed by atoms with Crippen molar-refractivity contribution in [2.24, 2.45) is 0 Å². The van der Waals surface area contributed by atoms with Crippen molar-refractivity contribution in [2.45, 2.75) is 0 Å². The molecule has 1 heterocycles. The Morgan fingerprint density at radius 3 is 2.50 bits per heavy atom. The number of aromatic nitrogens is 1. The molecule has 3 rings (SSSR count). The van der Waals surface area contributed by atoms with Crippen LogP contribution < -0.4 is 11.1 Å². The van der Waals surface area contributed by atoms with E-state index in [0.29, 0.717) is 0 Å². The van der Waals surface area contributed by atoms with Crippen LogP contribution in [0, 0.1) is 0 Å². The third-order valence-electron chi connectivity index (χ3n) is 2.88. The molecule has 0 aliphatic carbocycles. The number of benzene rings is 2. The topological polar surface area (TPSA) is 50.9 Å². The summed E-state index contributed by atoms with van der Waals surface area (Å²) in [6.07, 6.45) is 1.77. The molecule has 3 nitrogen and oxygen atoms in total. The molecule has 0 saturated heterocycles. The Morgan fingerprint density at radius 2 is 1.67 bits per heavy atom. The standard InChI is InChI=1S/C15H13N3/c16-14-8-4-7-13-12(14)9-10-17-15(13)18-11-5-2-1-3-6-11/h1-10H,16H2,(H,17,18). The van der Waals surface area contributed by atoms with Crippen molar-refractivity contribution in [3.8, 4) is 0 Å². The molecule has 0 radical (unpaired) electrons. The summed E-state index contributed by atoms with van der Waals surface area (Å²) in [4.78, 5) is 4.38. The lowest BCUT2D eigenvalue weighted by Gasteiger charge is -2.09. The van der Waals surface area contributed by atoms with Crippen LogP contribution in [0.15, 0.2) is 60.8 Å². The lowest BCUT2D eigenvalue weighted by atomic mass is 10.1. The summed E-state index contributed by atoms with van der Waals surface area (Å²) in [5.74, 6) is 0.825. The molecule has 0 unspecified atom stereocenters. The second-order valence-electron chi connectivity index (χ2n) is 4.09. The smallest absolute Gasteiger partial charge is 0.138 e. The van der Waals surface area contributed by atoms with Crippen molar-refractivity contribution in [1.29, 1.82) is 0 Å². The molecule has 0 amide bonds. The van der Waals surface area contributed by atoms with Crippen LogP contribution in [0.4, 0.5) is 17.2 Å². The second kappa shape index (κ2) is 4.37. The molecule has 1 aromatic heterocycles. The maximum absolute atomic E-state index is 5.96. The van der Waals surface area contributed by atoms with Gasteiger partial charge in [0.2, 0.25) is 0 Å². The van der Waals surface area contributed by atoms with Crippen molar-refractivity contribution < 1.29 is 0 Å². The van der Waals surface area contributed by atoms with Crippen LogP contribution >= 0.6 is 0 Å². The molecule has 3 aromatic rings. The molecule has 3 heteroatoms. The van der Waals surface area contributed by atoms with Gasteiger partial charge in [-0.25, -0.2) is 4.98 Å². The largest absolute Gasteiger partial charge is 0.398 e. The Kier molecular flexibility index (Phi) is 2.57. The molecule has 88 valence electrons. The van der Waals surface area contributed by atoms with Gasteiger partial charge in [0.15, 0.2) is 0 Å². The van der Waals surface area contributed by atoms with E-state index >= 15 is 0 Å². The minimum Gasteiger partial charge on any atom is -0.398 e. The van der Waals surface area contributed by atoms with Gasteiger partial charge in [0, 0.05) is 28.3 Å². The average Bonchev–Trinajstić information content (AvgIpc) is 2.41. The fourth-order valence-electron chi connectivity index (χ4n) is 1.99. The maximum atomic E-state index is 5.96. The molecule has 2 aromatic carbocycles. The van der Waals surface area contributed by atoms with Gasteiger partial charge in [-0.2, -0.15) is 0 Å². The van der Waals surface area contributed by atoms with E-state index in [2.05, 4.69) is 10.3 Å². The summed E-state index contributed by atoms with van der Waals surface area (Å²) in [5.41, 5.74) is 7.75. The van der Waals surface area contributed by atoms with Gasteiger partial charge in [0.1, 0.15) is 5.82 Å². The quantitative estimate of drug-likeness (QED) is 0.668. The third-order valence-corrected chi connectivity index (χ3v) is 2.88. The molecule has 0 aliphatic rings. The summed E-state index contributed by atoms with van der Waals surface area (Å²) in [6, 6.07) is 17.8. The van der Waals surface area contributed by atoms with Gasteiger partial charge >= 0.3 is 0 Å². The first kappa shape index (κ1) is 10.6. The minimum atomic E-state index is 0.769. The van der Waals surface area contributed by atoms with Crippen LogP contribution in [0.2, 0.25) is 0 Å². The lowest BCUT2D eigenvalue weighted by Crippen LogP contribution is -1.95. The van der Waals surface area contributed by atoms with Crippen molar-refractivity contribution in [2.75, 3.05) is 11.1 Å². The van der Waals surface area contributed by atoms with E-state index in [9.17, 15) is 0 Å². The van der Waals surface area contributed by atoms with Gasteiger partial charge in [-0.05, 0) is 24.3 Å². The first-order valence-electron chi connectivity index (χ1n) is 5.80. The highest BCUT2D eigenvalue weighted by molar-refractivity contribution is 5.99. The number of rotatable bonds is 2. The van der Waals surface area contributed by atoms with E-state index in [1.54, 1.807) is 6.20 Å². The number of anilines is 3. The number of hydrogen-bond acceptors (Lipinski definition) is 3. The summed E-state index contributed by atoms with van der Waals surface area (Å²) in [5, 5.41) is 5.36. The van der Waals surface area contributed by atoms with Gasteiger partial charge in [-0.3, -0.25) is 0 Å². The Bertz CT molecular complexity index is 678. The zero-order valence-corrected chi connectivity index (χ0v) is 9.80. The molecule has 0 atom stereocenters. The highest BCUT2D eigenvalue weighted by atomic mass is 15.0. The highest BCUT2D eigenvalue weighted by Gasteiger charge is 2.04. The average molecular weight is 235 g/mol. The van der Waals surface area contributed by atoms with Crippen LogP contribution in [0.25, 0.3) is 10.8 Å². The molecular formula is C15H13N3.